The van der Waals surface area contributed by atoms with E-state index in [1.165, 1.54) is 0 Å². The van der Waals surface area contributed by atoms with Gasteiger partial charge in [0.15, 0.2) is 0 Å². The zero-order valence-electron chi connectivity index (χ0n) is 9.02. The topological polar surface area (TPSA) is 40.6 Å². The summed E-state index contributed by atoms with van der Waals surface area (Å²) in [6.07, 6.45) is 13.7. The van der Waals surface area contributed by atoms with Gasteiger partial charge in [-0.3, -0.25) is 0 Å². The SMILES string of the molecule is C#COP(=S)(OC#C)Oc1nc(Cl)c(C)cc1Cl. The van der Waals surface area contributed by atoms with E-state index in [2.05, 4.69) is 4.98 Å². The van der Waals surface area contributed by atoms with Crippen LogP contribution in [0.4, 0.5) is 0 Å². The van der Waals surface area contributed by atoms with Crippen molar-refractivity contribution in [3.8, 4) is 30.9 Å². The zero-order chi connectivity index (χ0) is 13.8. The minimum atomic E-state index is -3.35. The van der Waals surface area contributed by atoms with Gasteiger partial charge < -0.3 is 13.6 Å². The lowest BCUT2D eigenvalue weighted by Gasteiger charge is -2.16. The molecule has 8 heteroatoms. The molecule has 0 fully saturated rings. The van der Waals surface area contributed by atoms with E-state index in [-0.39, 0.29) is 16.1 Å². The third-order valence-corrected chi connectivity index (χ3v) is 3.98. The van der Waals surface area contributed by atoms with Gasteiger partial charge in [0, 0.05) is 11.8 Å². The molecule has 0 saturated carbocycles. The van der Waals surface area contributed by atoms with Gasteiger partial charge in [-0.25, -0.2) is 0 Å². The second kappa shape index (κ2) is 6.18. The van der Waals surface area contributed by atoms with Crippen LogP contribution in [0, 0.1) is 32.0 Å². The normalized spacial score (nSPS) is 10.1. The van der Waals surface area contributed by atoms with Crippen LogP contribution in [-0.4, -0.2) is 4.98 Å². The molecule has 4 nitrogen and oxygen atoms in total. The first kappa shape index (κ1) is 15.0. The molecule has 0 aromatic carbocycles. The van der Waals surface area contributed by atoms with E-state index in [0.29, 0.717) is 5.56 Å². The van der Waals surface area contributed by atoms with Crippen LogP contribution in [0.2, 0.25) is 10.2 Å². The van der Waals surface area contributed by atoms with Gasteiger partial charge in [-0.05, 0) is 18.6 Å². The van der Waals surface area contributed by atoms with Gasteiger partial charge in [0.1, 0.15) is 22.4 Å². The van der Waals surface area contributed by atoms with Crippen molar-refractivity contribution in [3.63, 3.8) is 0 Å². The first-order chi connectivity index (χ1) is 8.41. The Morgan fingerprint density at radius 3 is 2.39 bits per heavy atom. The quantitative estimate of drug-likeness (QED) is 0.482. The lowest BCUT2D eigenvalue weighted by Crippen LogP contribution is -1.99. The fourth-order valence-electron chi connectivity index (χ4n) is 0.897. The number of hydrogen-bond donors (Lipinski definition) is 0. The summed E-state index contributed by atoms with van der Waals surface area (Å²) >= 11 is 16.7. The molecular formula is C10H6Cl2NO3PS. The molecule has 0 bridgehead atoms. The predicted octanol–water partition coefficient (Wildman–Crippen LogP) is 3.51. The second-order valence-electron chi connectivity index (χ2n) is 2.84. The van der Waals surface area contributed by atoms with Crippen LogP contribution >= 0.6 is 29.9 Å². The monoisotopic (exact) mass is 321 g/mol. The predicted molar refractivity (Wildman–Crippen MR) is 73.7 cm³/mol. The number of halogens is 2. The maximum atomic E-state index is 5.92. The molecular weight excluding hydrogens is 316 g/mol. The number of rotatable bonds is 4. The first-order valence-corrected chi connectivity index (χ1v) is 7.63. The first-order valence-electron chi connectivity index (χ1n) is 4.32. The van der Waals surface area contributed by atoms with Crippen molar-refractivity contribution in [2.24, 2.45) is 0 Å². The molecule has 1 aromatic heterocycles. The van der Waals surface area contributed by atoms with Gasteiger partial charge in [-0.1, -0.05) is 36.0 Å². The molecule has 0 aliphatic rings. The van der Waals surface area contributed by atoms with E-state index >= 15 is 0 Å². The summed E-state index contributed by atoms with van der Waals surface area (Å²) in [5, 5.41) is 0.393. The average molecular weight is 322 g/mol. The summed E-state index contributed by atoms with van der Waals surface area (Å²) in [4.78, 5) is 3.90. The fraction of sp³-hybridized carbons (Fsp3) is 0.100. The molecule has 0 amide bonds. The molecule has 1 aromatic rings. The molecule has 0 spiro atoms. The third kappa shape index (κ3) is 3.70. The molecule has 0 atom stereocenters. The number of nitrogens with zero attached hydrogens (tertiary/aromatic N) is 1. The number of aryl methyl sites for hydroxylation is 1. The van der Waals surface area contributed by atoms with Crippen LogP contribution in [0.3, 0.4) is 0 Å². The van der Waals surface area contributed by atoms with Crippen molar-refractivity contribution in [3.05, 3.63) is 21.8 Å². The molecule has 0 radical (unpaired) electrons. The van der Waals surface area contributed by atoms with Gasteiger partial charge in [0.05, 0.1) is 0 Å². The van der Waals surface area contributed by atoms with Gasteiger partial charge in [0.2, 0.25) is 5.88 Å². The Bertz CT molecular complexity index is 574. The minimum Gasteiger partial charge on any atom is -0.386 e. The molecule has 18 heavy (non-hydrogen) atoms. The highest BCUT2D eigenvalue weighted by Crippen LogP contribution is 2.50. The summed E-state index contributed by atoms with van der Waals surface area (Å²) in [7, 11) is 0. The van der Waals surface area contributed by atoms with E-state index in [9.17, 15) is 0 Å². The number of pyridine rings is 1. The van der Waals surface area contributed by atoms with Crippen LogP contribution < -0.4 is 4.52 Å². The fourth-order valence-corrected chi connectivity index (χ4v) is 2.52. The second-order valence-corrected chi connectivity index (χ2v) is 6.39. The Balaban J connectivity index is 3.10. The maximum Gasteiger partial charge on any atom is 0.508 e. The lowest BCUT2D eigenvalue weighted by molar-refractivity contribution is 0.347. The maximum absolute atomic E-state index is 5.92. The van der Waals surface area contributed by atoms with Gasteiger partial charge >= 0.3 is 6.72 Å². The van der Waals surface area contributed by atoms with Crippen molar-refractivity contribution < 1.29 is 13.6 Å². The third-order valence-electron chi connectivity index (χ3n) is 1.60. The summed E-state index contributed by atoms with van der Waals surface area (Å²) in [5.74, 6) is -0.0545. The molecule has 94 valence electrons. The van der Waals surface area contributed by atoms with E-state index in [0.717, 1.165) is 0 Å². The Morgan fingerprint density at radius 1 is 1.33 bits per heavy atom. The van der Waals surface area contributed by atoms with Crippen molar-refractivity contribution in [1.82, 2.24) is 4.98 Å². The highest BCUT2D eigenvalue weighted by Gasteiger charge is 2.26. The molecule has 0 saturated heterocycles. The van der Waals surface area contributed by atoms with Crippen molar-refractivity contribution in [2.75, 3.05) is 0 Å². The molecule has 0 aliphatic heterocycles. The number of aromatic nitrogens is 1. The van der Waals surface area contributed by atoms with Crippen LogP contribution in [0.5, 0.6) is 5.88 Å². The number of terminal acetylenes is 2. The molecule has 0 unspecified atom stereocenters. The van der Waals surface area contributed by atoms with Crippen molar-refractivity contribution in [2.45, 2.75) is 6.92 Å². The van der Waals surface area contributed by atoms with Crippen LogP contribution in [0.1, 0.15) is 5.56 Å². The Hall–Kier alpha value is -1.10. The summed E-state index contributed by atoms with van der Waals surface area (Å²) < 4.78 is 14.7. The molecule has 0 aliphatic carbocycles. The molecule has 0 N–H and O–H groups in total. The number of hydrogen-bond acceptors (Lipinski definition) is 5. The average Bonchev–Trinajstić information content (AvgIpc) is 2.26. The molecule has 1 heterocycles. The summed E-state index contributed by atoms with van der Waals surface area (Å²) in [5.41, 5.74) is 0.679. The highest BCUT2D eigenvalue weighted by atomic mass is 35.5. The Kier molecular flexibility index (Phi) is 5.14. The summed E-state index contributed by atoms with van der Waals surface area (Å²) in [6, 6.07) is 1.55. The van der Waals surface area contributed by atoms with E-state index < -0.39 is 6.72 Å². The molecule has 1 rings (SSSR count). The van der Waals surface area contributed by atoms with E-state index in [1.54, 1.807) is 13.0 Å². The van der Waals surface area contributed by atoms with Crippen molar-refractivity contribution >= 4 is 41.7 Å². The Labute approximate surface area is 120 Å². The largest absolute Gasteiger partial charge is 0.508 e. The van der Waals surface area contributed by atoms with E-state index in [4.69, 9.17) is 61.4 Å². The highest BCUT2D eigenvalue weighted by molar-refractivity contribution is 8.07. The summed E-state index contributed by atoms with van der Waals surface area (Å²) in [6.45, 7) is -1.61. The van der Waals surface area contributed by atoms with Gasteiger partial charge in [-0.2, -0.15) is 4.98 Å². The van der Waals surface area contributed by atoms with Crippen LogP contribution in [0.15, 0.2) is 6.07 Å². The van der Waals surface area contributed by atoms with Crippen molar-refractivity contribution in [1.29, 1.82) is 0 Å². The standard InChI is InChI=1S/C10H6Cl2NO3PS/c1-4-14-17(18,15-5-2)16-10-8(11)6-7(3)9(12)13-10/h1-2,6H,3H3. The van der Waals surface area contributed by atoms with Crippen LogP contribution in [0.25, 0.3) is 0 Å². The van der Waals surface area contributed by atoms with Gasteiger partial charge in [-0.15, -0.1) is 0 Å². The lowest BCUT2D eigenvalue weighted by atomic mass is 10.3. The zero-order valence-corrected chi connectivity index (χ0v) is 12.2. The minimum absolute atomic E-state index is 0.0545. The smallest absolute Gasteiger partial charge is 0.386 e. The van der Waals surface area contributed by atoms with Crippen LogP contribution in [-0.2, 0) is 20.9 Å². The Morgan fingerprint density at radius 2 is 1.89 bits per heavy atom. The van der Waals surface area contributed by atoms with Gasteiger partial charge in [0.25, 0.3) is 0 Å². The van der Waals surface area contributed by atoms with E-state index in [1.807, 2.05) is 12.2 Å².